The highest BCUT2D eigenvalue weighted by atomic mass is 16.5. The van der Waals surface area contributed by atoms with Gasteiger partial charge in [-0.2, -0.15) is 0 Å². The predicted octanol–water partition coefficient (Wildman–Crippen LogP) is 1.37. The molecule has 0 radical (unpaired) electrons. The van der Waals surface area contributed by atoms with Crippen molar-refractivity contribution in [2.45, 2.75) is 26.4 Å². The summed E-state index contributed by atoms with van der Waals surface area (Å²) in [6.07, 6.45) is 0. The molecule has 0 aliphatic heterocycles. The van der Waals surface area contributed by atoms with Crippen molar-refractivity contribution in [2.24, 2.45) is 0 Å². The van der Waals surface area contributed by atoms with Crippen LogP contribution in [0.3, 0.4) is 0 Å². The minimum Gasteiger partial charge on any atom is -0.497 e. The summed E-state index contributed by atoms with van der Waals surface area (Å²) in [6.45, 7) is 4.49. The lowest BCUT2D eigenvalue weighted by Gasteiger charge is -2.24. The third-order valence-electron chi connectivity index (χ3n) is 3.53. The van der Waals surface area contributed by atoms with Gasteiger partial charge in [-0.25, -0.2) is 4.79 Å². The van der Waals surface area contributed by atoms with Gasteiger partial charge in [-0.3, -0.25) is 15.0 Å². The second-order valence-corrected chi connectivity index (χ2v) is 5.12. The summed E-state index contributed by atoms with van der Waals surface area (Å²) in [7, 11) is 4.99. The number of hydrogen-bond donors (Lipinski definition) is 2. The zero-order valence-electron chi connectivity index (χ0n) is 14.3. The number of urea groups is 1. The fourth-order valence-electron chi connectivity index (χ4n) is 2.01. The Labute approximate surface area is 136 Å². The zero-order chi connectivity index (χ0) is 17.4. The van der Waals surface area contributed by atoms with Crippen LogP contribution in [-0.4, -0.2) is 50.7 Å². The molecule has 1 rings (SSSR count). The summed E-state index contributed by atoms with van der Waals surface area (Å²) in [5, 5.41) is 4.84. The third-order valence-corrected chi connectivity index (χ3v) is 3.53. The Kier molecular flexibility index (Phi) is 7.34. The molecular weight excluding hydrogens is 298 g/mol. The van der Waals surface area contributed by atoms with Gasteiger partial charge in [-0.1, -0.05) is 6.07 Å². The van der Waals surface area contributed by atoms with Crippen LogP contribution in [0.2, 0.25) is 0 Å². The van der Waals surface area contributed by atoms with Gasteiger partial charge in [-0.15, -0.1) is 0 Å². The lowest BCUT2D eigenvalue weighted by Crippen LogP contribution is -2.48. The molecule has 0 unspecified atom stereocenters. The van der Waals surface area contributed by atoms with Crippen LogP contribution in [0.25, 0.3) is 0 Å². The Morgan fingerprint density at radius 1 is 1.26 bits per heavy atom. The summed E-state index contributed by atoms with van der Waals surface area (Å²) < 4.78 is 10.5. The fourth-order valence-corrected chi connectivity index (χ4v) is 2.01. The number of nitrogens with one attached hydrogen (secondary N) is 2. The van der Waals surface area contributed by atoms with Gasteiger partial charge >= 0.3 is 6.03 Å². The number of carbonyl (C=O) groups excluding carboxylic acids is 2. The molecule has 0 heterocycles. The monoisotopic (exact) mass is 323 g/mol. The molecule has 0 fully saturated rings. The van der Waals surface area contributed by atoms with Crippen LogP contribution in [0.4, 0.5) is 4.79 Å². The number of rotatable bonds is 7. The third kappa shape index (κ3) is 5.45. The Hall–Kier alpha value is -2.28. The van der Waals surface area contributed by atoms with E-state index in [1.54, 1.807) is 34.1 Å². The zero-order valence-corrected chi connectivity index (χ0v) is 14.3. The lowest BCUT2D eigenvalue weighted by molar-refractivity contribution is -0.124. The number of carbonyl (C=O) groups is 2. The molecule has 1 atom stereocenters. The first-order chi connectivity index (χ1) is 10.9. The molecule has 7 nitrogen and oxygen atoms in total. The van der Waals surface area contributed by atoms with Gasteiger partial charge in [0.25, 0.3) is 0 Å². The van der Waals surface area contributed by atoms with E-state index in [2.05, 4.69) is 10.6 Å². The first-order valence-corrected chi connectivity index (χ1v) is 7.42. The number of nitrogens with zero attached hydrogens (tertiary/aromatic N) is 1. The predicted molar refractivity (Wildman–Crippen MR) is 87.7 cm³/mol. The minimum atomic E-state index is -0.486. The molecule has 2 N–H and O–H groups in total. The molecule has 0 saturated carbocycles. The van der Waals surface area contributed by atoms with Crippen LogP contribution in [0.15, 0.2) is 18.2 Å². The van der Waals surface area contributed by atoms with Crippen molar-refractivity contribution in [3.8, 4) is 11.5 Å². The van der Waals surface area contributed by atoms with E-state index < -0.39 is 12.1 Å². The quantitative estimate of drug-likeness (QED) is 0.792. The first kappa shape index (κ1) is 18.8. The Bertz CT molecular complexity index is 548. The highest BCUT2D eigenvalue weighted by Gasteiger charge is 2.21. The van der Waals surface area contributed by atoms with Crippen molar-refractivity contribution < 1.29 is 19.1 Å². The number of imide groups is 1. The smallest absolute Gasteiger partial charge is 0.321 e. The van der Waals surface area contributed by atoms with E-state index in [-0.39, 0.29) is 5.91 Å². The van der Waals surface area contributed by atoms with Crippen molar-refractivity contribution in [2.75, 3.05) is 27.8 Å². The van der Waals surface area contributed by atoms with Gasteiger partial charge in [0.15, 0.2) is 0 Å². The van der Waals surface area contributed by atoms with Crippen molar-refractivity contribution in [1.29, 1.82) is 0 Å². The average molecular weight is 323 g/mol. The minimum absolute atomic E-state index is 0.356. The summed E-state index contributed by atoms with van der Waals surface area (Å²) >= 11 is 0. The number of hydrogen-bond acceptors (Lipinski definition) is 5. The van der Waals surface area contributed by atoms with Gasteiger partial charge in [0, 0.05) is 24.7 Å². The van der Waals surface area contributed by atoms with Crippen LogP contribution >= 0.6 is 0 Å². The Morgan fingerprint density at radius 3 is 2.52 bits per heavy atom. The summed E-state index contributed by atoms with van der Waals surface area (Å²) in [4.78, 5) is 25.3. The van der Waals surface area contributed by atoms with Crippen molar-refractivity contribution >= 4 is 11.9 Å². The second kappa shape index (κ2) is 8.99. The van der Waals surface area contributed by atoms with Gasteiger partial charge in [0.05, 0.1) is 20.3 Å². The second-order valence-electron chi connectivity index (χ2n) is 5.12. The highest BCUT2D eigenvalue weighted by Crippen LogP contribution is 2.25. The van der Waals surface area contributed by atoms with Gasteiger partial charge in [0.2, 0.25) is 5.91 Å². The van der Waals surface area contributed by atoms with E-state index >= 15 is 0 Å². The molecule has 23 heavy (non-hydrogen) atoms. The van der Waals surface area contributed by atoms with E-state index in [4.69, 9.17) is 9.47 Å². The van der Waals surface area contributed by atoms with Crippen LogP contribution < -0.4 is 20.1 Å². The Balaban J connectivity index is 2.72. The van der Waals surface area contributed by atoms with E-state index in [0.29, 0.717) is 24.6 Å². The molecule has 7 heteroatoms. The maximum absolute atomic E-state index is 12.0. The van der Waals surface area contributed by atoms with Crippen LogP contribution in [0.1, 0.15) is 19.4 Å². The van der Waals surface area contributed by atoms with E-state index in [1.807, 2.05) is 24.1 Å². The maximum Gasteiger partial charge on any atom is 0.321 e. The maximum atomic E-state index is 12.0. The molecule has 1 aromatic carbocycles. The largest absolute Gasteiger partial charge is 0.497 e. The number of benzene rings is 1. The molecule has 0 aliphatic carbocycles. The molecule has 1 aromatic rings. The molecule has 0 spiro atoms. The van der Waals surface area contributed by atoms with Gasteiger partial charge in [-0.05, 0) is 27.0 Å². The fraction of sp³-hybridized carbons (Fsp3) is 0.500. The average Bonchev–Trinajstić information content (AvgIpc) is 2.54. The number of ether oxygens (including phenoxy) is 2. The van der Waals surface area contributed by atoms with Crippen molar-refractivity contribution in [3.05, 3.63) is 23.8 Å². The normalized spacial score (nSPS) is 11.7. The molecule has 0 aliphatic rings. The van der Waals surface area contributed by atoms with Crippen LogP contribution in [0.5, 0.6) is 11.5 Å². The molecule has 0 aromatic heterocycles. The van der Waals surface area contributed by atoms with Crippen LogP contribution in [-0.2, 0) is 11.3 Å². The summed E-state index contributed by atoms with van der Waals surface area (Å²) in [5.74, 6) is 1.04. The molecule has 0 saturated heterocycles. The highest BCUT2D eigenvalue weighted by molar-refractivity contribution is 5.96. The lowest BCUT2D eigenvalue weighted by atomic mass is 10.1. The first-order valence-electron chi connectivity index (χ1n) is 7.42. The van der Waals surface area contributed by atoms with E-state index in [0.717, 1.165) is 5.56 Å². The molecule has 3 amide bonds. The van der Waals surface area contributed by atoms with Gasteiger partial charge in [0.1, 0.15) is 11.5 Å². The van der Waals surface area contributed by atoms with Crippen molar-refractivity contribution in [3.63, 3.8) is 0 Å². The van der Waals surface area contributed by atoms with Gasteiger partial charge < -0.3 is 14.8 Å². The SMILES string of the molecule is CCNC(=O)NC(=O)[C@@H](C)N(C)Cc1ccc(OC)cc1OC. The molecule has 128 valence electrons. The number of methoxy groups -OCH3 is 2. The van der Waals surface area contributed by atoms with E-state index in [1.165, 1.54) is 0 Å². The number of amides is 3. The number of likely N-dealkylation sites (N-methyl/N-ethyl adjacent to an activating group) is 1. The van der Waals surface area contributed by atoms with Crippen molar-refractivity contribution in [1.82, 2.24) is 15.5 Å². The van der Waals surface area contributed by atoms with Crippen LogP contribution in [0, 0.1) is 0 Å². The standard InChI is InChI=1S/C16H25N3O4/c1-6-17-16(21)18-15(20)11(2)19(3)10-12-7-8-13(22-4)9-14(12)23-5/h7-9,11H,6,10H2,1-5H3,(H2,17,18,20,21)/t11-/m1/s1. The van der Waals surface area contributed by atoms with E-state index in [9.17, 15) is 9.59 Å². The summed E-state index contributed by atoms with van der Waals surface area (Å²) in [6, 6.07) is 4.57. The summed E-state index contributed by atoms with van der Waals surface area (Å²) in [5.41, 5.74) is 0.924. The Morgan fingerprint density at radius 2 is 1.96 bits per heavy atom. The topological polar surface area (TPSA) is 79.9 Å². The molecule has 0 bridgehead atoms. The molecular formula is C16H25N3O4.